The standard InChI is InChI=1S/C26H25ClFN5O2/c1-2-35-25(34)21-14-29-26(32-13-12-20(28)15-32)30-24(21)33-16-22(17-6-4-3-5-7-17)23(31-33)18-8-10-19(27)11-9-18/h3-11,14,20,22H,2,12-13,15-16H2,1H3/t20-,22?/m1/s1. The Kier molecular flexibility index (Phi) is 6.63. The van der Waals surface area contributed by atoms with Gasteiger partial charge in [0.05, 0.1) is 25.4 Å². The van der Waals surface area contributed by atoms with Crippen molar-refractivity contribution in [2.24, 2.45) is 5.10 Å². The Morgan fingerprint density at radius 2 is 1.91 bits per heavy atom. The number of nitrogens with zero attached hydrogens (tertiary/aromatic N) is 5. The van der Waals surface area contributed by atoms with Crippen LogP contribution in [-0.2, 0) is 4.74 Å². The summed E-state index contributed by atoms with van der Waals surface area (Å²) in [6.45, 7) is 3.18. The third kappa shape index (κ3) is 4.84. The van der Waals surface area contributed by atoms with Crippen molar-refractivity contribution in [3.8, 4) is 0 Å². The number of hydrogen-bond acceptors (Lipinski definition) is 7. The van der Waals surface area contributed by atoms with Gasteiger partial charge in [0.15, 0.2) is 5.82 Å². The lowest BCUT2D eigenvalue weighted by Gasteiger charge is -2.21. The summed E-state index contributed by atoms with van der Waals surface area (Å²) in [6, 6.07) is 17.6. The lowest BCUT2D eigenvalue weighted by atomic mass is 9.91. The minimum absolute atomic E-state index is 0.0622. The molecule has 0 aliphatic carbocycles. The number of hydrogen-bond donors (Lipinski definition) is 0. The highest BCUT2D eigenvalue weighted by Crippen LogP contribution is 2.34. The predicted octanol–water partition coefficient (Wildman–Crippen LogP) is 4.86. The summed E-state index contributed by atoms with van der Waals surface area (Å²) in [7, 11) is 0. The molecule has 1 aromatic heterocycles. The Morgan fingerprint density at radius 1 is 1.14 bits per heavy atom. The van der Waals surface area contributed by atoms with E-state index in [0.717, 1.165) is 16.8 Å². The second-order valence-electron chi connectivity index (χ2n) is 8.50. The lowest BCUT2D eigenvalue weighted by Crippen LogP contribution is -2.26. The van der Waals surface area contributed by atoms with Crippen LogP contribution in [0.1, 0.15) is 40.7 Å². The quantitative estimate of drug-likeness (QED) is 0.456. The molecule has 0 N–H and O–H groups in total. The zero-order valence-corrected chi connectivity index (χ0v) is 20.0. The number of carbonyl (C=O) groups is 1. The van der Waals surface area contributed by atoms with Crippen molar-refractivity contribution in [3.05, 3.63) is 82.5 Å². The van der Waals surface area contributed by atoms with Gasteiger partial charge in [0.25, 0.3) is 0 Å². The number of alkyl halides is 1. The van der Waals surface area contributed by atoms with Gasteiger partial charge in [-0.3, -0.25) is 0 Å². The molecule has 3 heterocycles. The third-order valence-corrected chi connectivity index (χ3v) is 6.42. The van der Waals surface area contributed by atoms with Gasteiger partial charge in [0, 0.05) is 23.7 Å². The molecule has 0 radical (unpaired) electrons. The summed E-state index contributed by atoms with van der Waals surface area (Å²) in [6.07, 6.45) is 0.960. The van der Waals surface area contributed by atoms with Crippen molar-refractivity contribution < 1.29 is 13.9 Å². The van der Waals surface area contributed by atoms with Crippen LogP contribution in [0.15, 0.2) is 65.9 Å². The van der Waals surface area contributed by atoms with Gasteiger partial charge in [-0.15, -0.1) is 0 Å². The smallest absolute Gasteiger partial charge is 0.343 e. The molecule has 7 nitrogen and oxygen atoms in total. The molecule has 2 atom stereocenters. The van der Waals surface area contributed by atoms with E-state index in [1.807, 2.05) is 42.5 Å². The van der Waals surface area contributed by atoms with E-state index in [0.29, 0.717) is 36.3 Å². The van der Waals surface area contributed by atoms with E-state index in [4.69, 9.17) is 21.4 Å². The van der Waals surface area contributed by atoms with Crippen molar-refractivity contribution in [2.75, 3.05) is 36.1 Å². The van der Waals surface area contributed by atoms with Crippen molar-refractivity contribution in [2.45, 2.75) is 25.4 Å². The minimum atomic E-state index is -0.921. The van der Waals surface area contributed by atoms with Crippen LogP contribution < -0.4 is 9.91 Å². The number of benzene rings is 2. The number of hydrazone groups is 1. The molecule has 180 valence electrons. The Labute approximate surface area is 208 Å². The molecule has 5 rings (SSSR count). The summed E-state index contributed by atoms with van der Waals surface area (Å²) >= 11 is 6.12. The van der Waals surface area contributed by atoms with Crippen LogP contribution >= 0.6 is 11.6 Å². The summed E-state index contributed by atoms with van der Waals surface area (Å²) in [5, 5.41) is 7.28. The zero-order chi connectivity index (χ0) is 24.4. The first kappa shape index (κ1) is 23.2. The maximum atomic E-state index is 13.9. The van der Waals surface area contributed by atoms with E-state index in [2.05, 4.69) is 22.1 Å². The molecule has 0 saturated carbocycles. The topological polar surface area (TPSA) is 70.9 Å². The summed E-state index contributed by atoms with van der Waals surface area (Å²) in [5.74, 6) is 0.137. The first-order chi connectivity index (χ1) is 17.0. The molecule has 2 aliphatic rings. The van der Waals surface area contributed by atoms with Gasteiger partial charge in [-0.2, -0.15) is 10.1 Å². The van der Waals surface area contributed by atoms with Crippen LogP contribution in [0, 0.1) is 0 Å². The number of esters is 1. The number of ether oxygens (including phenoxy) is 1. The predicted molar refractivity (Wildman–Crippen MR) is 134 cm³/mol. The minimum Gasteiger partial charge on any atom is -0.462 e. The van der Waals surface area contributed by atoms with Gasteiger partial charge in [-0.05, 0) is 36.6 Å². The van der Waals surface area contributed by atoms with Crippen LogP contribution in [0.5, 0.6) is 0 Å². The Bertz CT molecular complexity index is 1240. The molecular weight excluding hydrogens is 469 g/mol. The molecule has 1 fully saturated rings. The highest BCUT2D eigenvalue weighted by atomic mass is 35.5. The highest BCUT2D eigenvalue weighted by molar-refractivity contribution is 6.30. The van der Waals surface area contributed by atoms with Gasteiger partial charge in [0.1, 0.15) is 11.7 Å². The fourth-order valence-corrected chi connectivity index (χ4v) is 4.55. The maximum absolute atomic E-state index is 13.9. The maximum Gasteiger partial charge on any atom is 0.343 e. The Hall–Kier alpha value is -3.52. The van der Waals surface area contributed by atoms with Crippen molar-refractivity contribution in [3.63, 3.8) is 0 Å². The van der Waals surface area contributed by atoms with Crippen LogP contribution in [0.4, 0.5) is 16.2 Å². The third-order valence-electron chi connectivity index (χ3n) is 6.17. The molecule has 1 unspecified atom stereocenters. The van der Waals surface area contributed by atoms with E-state index >= 15 is 0 Å². The lowest BCUT2D eigenvalue weighted by molar-refractivity contribution is 0.0526. The molecule has 2 aromatic carbocycles. The molecule has 9 heteroatoms. The van der Waals surface area contributed by atoms with Gasteiger partial charge in [-0.25, -0.2) is 19.2 Å². The first-order valence-electron chi connectivity index (χ1n) is 11.6. The molecule has 1 saturated heterocycles. The van der Waals surface area contributed by atoms with Crippen molar-refractivity contribution in [1.29, 1.82) is 0 Å². The van der Waals surface area contributed by atoms with Crippen LogP contribution in [0.2, 0.25) is 5.02 Å². The van der Waals surface area contributed by atoms with E-state index in [1.165, 1.54) is 6.20 Å². The summed E-state index contributed by atoms with van der Waals surface area (Å²) < 4.78 is 19.1. The number of carbonyl (C=O) groups excluding carboxylic acids is 1. The Morgan fingerprint density at radius 3 is 2.60 bits per heavy atom. The van der Waals surface area contributed by atoms with Crippen LogP contribution in [0.25, 0.3) is 0 Å². The van der Waals surface area contributed by atoms with Crippen molar-refractivity contribution >= 4 is 35.0 Å². The average Bonchev–Trinajstić information content (AvgIpc) is 3.52. The van der Waals surface area contributed by atoms with Gasteiger partial charge < -0.3 is 9.64 Å². The van der Waals surface area contributed by atoms with E-state index in [9.17, 15) is 9.18 Å². The molecule has 35 heavy (non-hydrogen) atoms. The molecule has 3 aromatic rings. The number of rotatable bonds is 6. The van der Waals surface area contributed by atoms with Gasteiger partial charge in [-0.1, -0.05) is 54.1 Å². The normalized spacial score (nSPS) is 19.7. The monoisotopic (exact) mass is 493 g/mol. The molecule has 0 bridgehead atoms. The Balaban J connectivity index is 1.58. The highest BCUT2D eigenvalue weighted by Gasteiger charge is 2.34. The molecule has 0 amide bonds. The average molecular weight is 494 g/mol. The van der Waals surface area contributed by atoms with Crippen LogP contribution in [-0.4, -0.2) is 54.1 Å². The first-order valence-corrected chi connectivity index (χ1v) is 12.0. The van der Waals surface area contributed by atoms with Gasteiger partial charge >= 0.3 is 5.97 Å². The second kappa shape index (κ2) is 10.00. The van der Waals surface area contributed by atoms with Gasteiger partial charge in [0.2, 0.25) is 5.95 Å². The molecule has 0 spiro atoms. The van der Waals surface area contributed by atoms with Crippen molar-refractivity contribution in [1.82, 2.24) is 9.97 Å². The number of anilines is 2. The summed E-state index contributed by atoms with van der Waals surface area (Å²) in [4.78, 5) is 23.6. The fourth-order valence-electron chi connectivity index (χ4n) is 4.43. The fraction of sp³-hybridized carbons (Fsp3) is 0.308. The van der Waals surface area contributed by atoms with E-state index in [1.54, 1.807) is 16.8 Å². The zero-order valence-electron chi connectivity index (χ0n) is 19.3. The molecular formula is C26H25ClFN5O2. The largest absolute Gasteiger partial charge is 0.462 e. The van der Waals surface area contributed by atoms with E-state index < -0.39 is 12.1 Å². The number of aromatic nitrogens is 2. The number of halogens is 2. The van der Waals surface area contributed by atoms with E-state index in [-0.39, 0.29) is 24.6 Å². The SMILES string of the molecule is CCOC(=O)c1cnc(N2CC[C@@H](F)C2)nc1N1CC(c2ccccc2)C(c2ccc(Cl)cc2)=N1. The summed E-state index contributed by atoms with van der Waals surface area (Å²) in [5.41, 5.74) is 3.08. The second-order valence-corrected chi connectivity index (χ2v) is 8.93. The molecule has 2 aliphatic heterocycles. The van der Waals surface area contributed by atoms with Crippen LogP contribution in [0.3, 0.4) is 0 Å².